The van der Waals surface area contributed by atoms with Gasteiger partial charge in [-0.1, -0.05) is 48.5 Å². The Morgan fingerprint density at radius 1 is 1.04 bits per heavy atom. The van der Waals surface area contributed by atoms with E-state index in [1.165, 1.54) is 5.56 Å². The lowest BCUT2D eigenvalue weighted by Gasteiger charge is -2.44. The Bertz CT molecular complexity index is 581. The van der Waals surface area contributed by atoms with Crippen LogP contribution in [0.1, 0.15) is 5.56 Å². The first-order valence-corrected chi connectivity index (χ1v) is 7.48. The van der Waals surface area contributed by atoms with Crippen LogP contribution >= 0.6 is 17.0 Å². The van der Waals surface area contributed by atoms with Crippen LogP contribution in [0, 0.1) is 0 Å². The summed E-state index contributed by atoms with van der Waals surface area (Å²) < 4.78 is 17.5. The number of hydrogen-bond acceptors (Lipinski definition) is 4. The number of hydrogen-bond donors (Lipinski definition) is 0. The largest absolute Gasteiger partial charge is 0.447 e. The highest BCUT2D eigenvalue weighted by molar-refractivity contribution is 8.93. The minimum absolute atomic E-state index is 0. The molecule has 23 heavy (non-hydrogen) atoms. The van der Waals surface area contributed by atoms with Crippen molar-refractivity contribution < 1.29 is 14.2 Å². The Kier molecular flexibility index (Phi) is 6.59. The van der Waals surface area contributed by atoms with Crippen LogP contribution in [0.3, 0.4) is 0 Å². The van der Waals surface area contributed by atoms with Gasteiger partial charge in [0.25, 0.3) is 5.91 Å². The monoisotopic (exact) mass is 379 g/mol. The second-order valence-electron chi connectivity index (χ2n) is 5.29. The van der Waals surface area contributed by atoms with E-state index in [2.05, 4.69) is 17.0 Å². The zero-order valence-electron chi connectivity index (χ0n) is 13.2. The summed E-state index contributed by atoms with van der Waals surface area (Å²) in [5.74, 6) is -0.122. The molecule has 1 saturated heterocycles. The SMILES string of the molecule is Br.COC1(Oc2ccccc2)COCCN1Cc1ccccc1. The number of ether oxygens (including phenoxy) is 3. The Morgan fingerprint density at radius 2 is 1.70 bits per heavy atom. The van der Waals surface area contributed by atoms with Crippen molar-refractivity contribution in [2.24, 2.45) is 0 Å². The van der Waals surface area contributed by atoms with Gasteiger partial charge in [0, 0.05) is 20.2 Å². The highest BCUT2D eigenvalue weighted by atomic mass is 79.9. The maximum atomic E-state index is 6.16. The molecule has 0 amide bonds. The van der Waals surface area contributed by atoms with Gasteiger partial charge in [-0.3, -0.25) is 0 Å². The van der Waals surface area contributed by atoms with E-state index in [1.807, 2.05) is 48.5 Å². The first-order valence-electron chi connectivity index (χ1n) is 7.48. The molecular formula is C18H22BrNO3. The minimum atomic E-state index is -0.893. The second kappa shape index (κ2) is 8.45. The molecule has 0 bridgehead atoms. The lowest BCUT2D eigenvalue weighted by atomic mass is 10.2. The van der Waals surface area contributed by atoms with Gasteiger partial charge in [0.2, 0.25) is 0 Å². The normalized spacial score (nSPS) is 21.4. The molecule has 2 aromatic carbocycles. The molecule has 0 spiro atoms. The molecule has 0 radical (unpaired) electrons. The average Bonchev–Trinajstić information content (AvgIpc) is 2.58. The van der Waals surface area contributed by atoms with Crippen molar-refractivity contribution in [2.75, 3.05) is 26.9 Å². The Balaban J connectivity index is 0.00000192. The smallest absolute Gasteiger partial charge is 0.297 e. The molecule has 0 N–H and O–H groups in total. The predicted molar refractivity (Wildman–Crippen MR) is 94.8 cm³/mol. The molecule has 1 aliphatic rings. The molecule has 5 heteroatoms. The summed E-state index contributed by atoms with van der Waals surface area (Å²) in [6.07, 6.45) is 0. The van der Waals surface area contributed by atoms with Gasteiger partial charge < -0.3 is 14.2 Å². The van der Waals surface area contributed by atoms with Gasteiger partial charge in [0.15, 0.2) is 0 Å². The summed E-state index contributed by atoms with van der Waals surface area (Å²) in [6.45, 7) is 2.57. The molecular weight excluding hydrogens is 358 g/mol. The highest BCUT2D eigenvalue weighted by Gasteiger charge is 2.42. The Labute approximate surface area is 147 Å². The predicted octanol–water partition coefficient (Wildman–Crippen LogP) is 3.48. The van der Waals surface area contributed by atoms with Gasteiger partial charge in [-0.05, 0) is 17.7 Å². The summed E-state index contributed by atoms with van der Waals surface area (Å²) >= 11 is 0. The third kappa shape index (κ3) is 4.32. The van der Waals surface area contributed by atoms with Crippen molar-refractivity contribution >= 4 is 17.0 Å². The van der Waals surface area contributed by atoms with Gasteiger partial charge in [-0.2, -0.15) is 0 Å². The highest BCUT2D eigenvalue weighted by Crippen LogP contribution is 2.27. The lowest BCUT2D eigenvalue weighted by Crippen LogP contribution is -2.61. The molecule has 0 saturated carbocycles. The molecule has 2 aromatic rings. The number of morpholine rings is 1. The Morgan fingerprint density at radius 3 is 2.35 bits per heavy atom. The van der Waals surface area contributed by atoms with Crippen LogP contribution in [-0.4, -0.2) is 37.7 Å². The van der Waals surface area contributed by atoms with Crippen molar-refractivity contribution in [1.29, 1.82) is 0 Å². The van der Waals surface area contributed by atoms with E-state index in [0.717, 1.165) is 18.8 Å². The van der Waals surface area contributed by atoms with Gasteiger partial charge in [0.1, 0.15) is 12.4 Å². The van der Waals surface area contributed by atoms with Crippen molar-refractivity contribution in [3.8, 4) is 5.75 Å². The van der Waals surface area contributed by atoms with Crippen LogP contribution < -0.4 is 4.74 Å². The molecule has 1 fully saturated rings. The first kappa shape index (κ1) is 17.9. The number of benzene rings is 2. The summed E-state index contributed by atoms with van der Waals surface area (Å²) in [5.41, 5.74) is 1.22. The topological polar surface area (TPSA) is 30.9 Å². The van der Waals surface area contributed by atoms with E-state index in [0.29, 0.717) is 13.2 Å². The van der Waals surface area contributed by atoms with E-state index < -0.39 is 5.91 Å². The number of halogens is 1. The maximum absolute atomic E-state index is 6.16. The average molecular weight is 380 g/mol. The van der Waals surface area contributed by atoms with Gasteiger partial charge >= 0.3 is 0 Å². The fourth-order valence-corrected chi connectivity index (χ4v) is 2.64. The number of nitrogens with zero attached hydrogens (tertiary/aromatic N) is 1. The number of para-hydroxylation sites is 1. The van der Waals surface area contributed by atoms with Crippen LogP contribution in [0.5, 0.6) is 5.75 Å². The second-order valence-corrected chi connectivity index (χ2v) is 5.29. The van der Waals surface area contributed by atoms with Crippen LogP contribution in [0.2, 0.25) is 0 Å². The van der Waals surface area contributed by atoms with Crippen LogP contribution in [0.15, 0.2) is 60.7 Å². The molecule has 0 aliphatic carbocycles. The maximum Gasteiger partial charge on any atom is 0.297 e. The quantitative estimate of drug-likeness (QED) is 0.744. The lowest BCUT2D eigenvalue weighted by molar-refractivity contribution is -0.310. The van der Waals surface area contributed by atoms with Gasteiger partial charge in [0.05, 0.1) is 6.61 Å². The molecule has 4 nitrogen and oxygen atoms in total. The zero-order valence-corrected chi connectivity index (χ0v) is 14.9. The number of methoxy groups -OCH3 is 1. The molecule has 1 heterocycles. The van der Waals surface area contributed by atoms with E-state index in [-0.39, 0.29) is 17.0 Å². The third-order valence-corrected chi connectivity index (χ3v) is 3.83. The summed E-state index contributed by atoms with van der Waals surface area (Å²) in [5, 5.41) is 0. The fourth-order valence-electron chi connectivity index (χ4n) is 2.64. The molecule has 1 atom stereocenters. The van der Waals surface area contributed by atoms with Crippen LogP contribution in [0.25, 0.3) is 0 Å². The first-order chi connectivity index (χ1) is 10.8. The molecule has 0 aromatic heterocycles. The van der Waals surface area contributed by atoms with Crippen molar-refractivity contribution in [1.82, 2.24) is 4.90 Å². The number of rotatable bonds is 5. The fraction of sp³-hybridized carbons (Fsp3) is 0.333. The van der Waals surface area contributed by atoms with Crippen LogP contribution in [-0.2, 0) is 16.0 Å². The molecule has 3 rings (SSSR count). The third-order valence-electron chi connectivity index (χ3n) is 3.83. The minimum Gasteiger partial charge on any atom is -0.447 e. The van der Waals surface area contributed by atoms with Gasteiger partial charge in [-0.25, -0.2) is 4.90 Å². The Hall–Kier alpha value is -1.40. The standard InChI is InChI=1S/C18H21NO3.BrH/c1-20-18(22-17-10-6-3-7-11-17)15-21-13-12-19(18)14-16-8-4-2-5-9-16;/h2-11H,12-15H2,1H3;1H. The van der Waals surface area contributed by atoms with Crippen molar-refractivity contribution in [3.63, 3.8) is 0 Å². The van der Waals surface area contributed by atoms with E-state index in [4.69, 9.17) is 14.2 Å². The summed E-state index contributed by atoms with van der Waals surface area (Å²) in [7, 11) is 1.66. The van der Waals surface area contributed by atoms with Crippen LogP contribution in [0.4, 0.5) is 0 Å². The van der Waals surface area contributed by atoms with Crippen molar-refractivity contribution in [2.45, 2.75) is 12.5 Å². The summed E-state index contributed by atoms with van der Waals surface area (Å²) in [6, 6.07) is 20.0. The van der Waals surface area contributed by atoms with Crippen molar-refractivity contribution in [3.05, 3.63) is 66.2 Å². The zero-order chi connectivity index (χ0) is 15.3. The van der Waals surface area contributed by atoms with Gasteiger partial charge in [-0.15, -0.1) is 17.0 Å². The molecule has 124 valence electrons. The molecule has 1 unspecified atom stereocenters. The summed E-state index contributed by atoms with van der Waals surface area (Å²) in [4.78, 5) is 2.18. The molecule has 1 aliphatic heterocycles. The van der Waals surface area contributed by atoms with E-state index in [9.17, 15) is 0 Å². The van der Waals surface area contributed by atoms with E-state index in [1.54, 1.807) is 7.11 Å². The van der Waals surface area contributed by atoms with E-state index >= 15 is 0 Å².